The van der Waals surface area contributed by atoms with E-state index in [1.807, 2.05) is 0 Å². The molecule has 0 aliphatic heterocycles. The van der Waals surface area contributed by atoms with Gasteiger partial charge in [-0.3, -0.25) is 0 Å². The van der Waals surface area contributed by atoms with Crippen LogP contribution in [0.3, 0.4) is 0 Å². The number of rotatable bonds is 4. The van der Waals surface area contributed by atoms with Crippen LogP contribution in [-0.2, 0) is 9.84 Å². The fourth-order valence-electron chi connectivity index (χ4n) is 3.61. The van der Waals surface area contributed by atoms with Crippen LogP contribution >= 0.6 is 0 Å². The highest BCUT2D eigenvalue weighted by Gasteiger charge is 2.32. The molecule has 2 rings (SSSR count). The molecule has 4 atom stereocenters. The summed E-state index contributed by atoms with van der Waals surface area (Å²) in [5, 5.41) is -0.0705. The average Bonchev–Trinajstić information content (AvgIpc) is 2.72. The number of sulfone groups is 1. The van der Waals surface area contributed by atoms with E-state index in [0.717, 1.165) is 38.5 Å². The van der Waals surface area contributed by atoms with E-state index in [2.05, 4.69) is 6.92 Å². The summed E-state index contributed by atoms with van der Waals surface area (Å²) in [7, 11) is -2.88. The second-order valence-electron chi connectivity index (χ2n) is 6.40. The van der Waals surface area contributed by atoms with Crippen LogP contribution in [0.4, 0.5) is 0 Å². The molecule has 0 spiro atoms. The summed E-state index contributed by atoms with van der Waals surface area (Å²) in [6.45, 7) is 2.18. The van der Waals surface area contributed by atoms with E-state index in [-0.39, 0.29) is 11.3 Å². The number of hydrogen-bond acceptors (Lipinski definition) is 3. The summed E-state index contributed by atoms with van der Waals surface area (Å²) in [6, 6.07) is 0.241. The van der Waals surface area contributed by atoms with Gasteiger partial charge >= 0.3 is 0 Å². The van der Waals surface area contributed by atoms with Crippen molar-refractivity contribution in [3.8, 4) is 0 Å². The summed E-state index contributed by atoms with van der Waals surface area (Å²) < 4.78 is 24.7. The summed E-state index contributed by atoms with van der Waals surface area (Å²) >= 11 is 0. The van der Waals surface area contributed by atoms with Crippen LogP contribution in [0.5, 0.6) is 0 Å². The van der Waals surface area contributed by atoms with E-state index >= 15 is 0 Å². The molecule has 18 heavy (non-hydrogen) atoms. The molecule has 2 aliphatic carbocycles. The van der Waals surface area contributed by atoms with Crippen LogP contribution < -0.4 is 5.73 Å². The topological polar surface area (TPSA) is 60.2 Å². The fourth-order valence-corrected chi connectivity index (χ4v) is 5.72. The molecule has 0 heterocycles. The van der Waals surface area contributed by atoms with Gasteiger partial charge in [0.15, 0.2) is 9.84 Å². The Kier molecular flexibility index (Phi) is 4.70. The minimum atomic E-state index is -2.88. The summed E-state index contributed by atoms with van der Waals surface area (Å²) in [4.78, 5) is 0. The van der Waals surface area contributed by atoms with Gasteiger partial charge in [-0.1, -0.05) is 26.2 Å². The van der Waals surface area contributed by atoms with Crippen molar-refractivity contribution in [2.75, 3.05) is 5.75 Å². The molecule has 2 saturated carbocycles. The van der Waals surface area contributed by atoms with E-state index in [0.29, 0.717) is 17.6 Å². The van der Waals surface area contributed by atoms with Gasteiger partial charge in [0.05, 0.1) is 11.0 Å². The lowest BCUT2D eigenvalue weighted by molar-refractivity contribution is 0.380. The van der Waals surface area contributed by atoms with Crippen molar-refractivity contribution in [1.29, 1.82) is 0 Å². The van der Waals surface area contributed by atoms with Crippen LogP contribution in [0.15, 0.2) is 0 Å². The quantitative estimate of drug-likeness (QED) is 0.856. The van der Waals surface area contributed by atoms with E-state index in [9.17, 15) is 8.42 Å². The molecule has 0 bridgehead atoms. The first-order chi connectivity index (χ1) is 8.49. The second-order valence-corrected chi connectivity index (χ2v) is 8.80. The first-order valence-corrected chi connectivity index (χ1v) is 9.17. The standard InChI is InChI=1S/C14H27NO2S/c1-11-4-2-6-13(10-11)18(16,17)9-8-12-5-3-7-14(12)15/h11-14H,2-10,15H2,1H3. The molecule has 0 aromatic carbocycles. The van der Waals surface area contributed by atoms with Crippen molar-refractivity contribution in [1.82, 2.24) is 0 Å². The maximum atomic E-state index is 12.4. The van der Waals surface area contributed by atoms with Gasteiger partial charge in [-0.15, -0.1) is 0 Å². The maximum absolute atomic E-state index is 12.4. The molecule has 3 nitrogen and oxygen atoms in total. The molecule has 106 valence electrons. The zero-order chi connectivity index (χ0) is 13.2. The zero-order valence-corrected chi connectivity index (χ0v) is 12.3. The summed E-state index contributed by atoms with van der Waals surface area (Å²) in [5.41, 5.74) is 6.01. The minimum absolute atomic E-state index is 0.0705. The molecule has 2 N–H and O–H groups in total. The van der Waals surface area contributed by atoms with E-state index in [1.165, 1.54) is 12.8 Å². The van der Waals surface area contributed by atoms with Crippen LogP contribution in [0.2, 0.25) is 0 Å². The monoisotopic (exact) mass is 273 g/mol. The third-order valence-electron chi connectivity index (χ3n) is 4.89. The fraction of sp³-hybridized carbons (Fsp3) is 1.00. The van der Waals surface area contributed by atoms with Crippen LogP contribution in [0.25, 0.3) is 0 Å². The Morgan fingerprint density at radius 1 is 1.11 bits per heavy atom. The molecule has 2 fully saturated rings. The second kappa shape index (κ2) is 5.91. The third kappa shape index (κ3) is 3.47. The van der Waals surface area contributed by atoms with Crippen LogP contribution in [0, 0.1) is 11.8 Å². The maximum Gasteiger partial charge on any atom is 0.153 e. The Labute approximate surface area is 111 Å². The zero-order valence-electron chi connectivity index (χ0n) is 11.5. The molecule has 0 aromatic heterocycles. The Morgan fingerprint density at radius 2 is 1.83 bits per heavy atom. The van der Waals surface area contributed by atoms with E-state index in [1.54, 1.807) is 0 Å². The van der Waals surface area contributed by atoms with E-state index < -0.39 is 9.84 Å². The van der Waals surface area contributed by atoms with Gasteiger partial charge in [-0.05, 0) is 43.9 Å². The molecular weight excluding hydrogens is 246 g/mol. The first-order valence-electron chi connectivity index (χ1n) is 7.46. The minimum Gasteiger partial charge on any atom is -0.327 e. The highest BCUT2D eigenvalue weighted by molar-refractivity contribution is 7.92. The smallest absolute Gasteiger partial charge is 0.153 e. The summed E-state index contributed by atoms with van der Waals surface area (Å²) in [6.07, 6.45) is 8.18. The van der Waals surface area contributed by atoms with Crippen LogP contribution in [0.1, 0.15) is 58.3 Å². The highest BCUT2D eigenvalue weighted by atomic mass is 32.2. The highest BCUT2D eigenvalue weighted by Crippen LogP contribution is 2.31. The normalized spacial score (nSPS) is 37.9. The van der Waals surface area contributed by atoms with Crippen molar-refractivity contribution >= 4 is 9.84 Å². The van der Waals surface area contributed by atoms with Crippen molar-refractivity contribution in [2.24, 2.45) is 17.6 Å². The predicted molar refractivity (Wildman–Crippen MR) is 75.1 cm³/mol. The molecule has 2 aliphatic rings. The molecule has 0 aromatic rings. The lowest BCUT2D eigenvalue weighted by Crippen LogP contribution is -2.32. The SMILES string of the molecule is CC1CCCC(S(=O)(=O)CCC2CCCC2N)C1. The Bertz CT molecular complexity index is 366. The van der Waals surface area contributed by atoms with Crippen LogP contribution in [-0.4, -0.2) is 25.5 Å². The van der Waals surface area contributed by atoms with Crippen molar-refractivity contribution in [2.45, 2.75) is 69.6 Å². The summed E-state index contributed by atoms with van der Waals surface area (Å²) in [5.74, 6) is 1.39. The van der Waals surface area contributed by atoms with Gasteiger partial charge in [0, 0.05) is 6.04 Å². The van der Waals surface area contributed by atoms with Gasteiger partial charge in [0.1, 0.15) is 0 Å². The number of nitrogens with two attached hydrogens (primary N) is 1. The van der Waals surface area contributed by atoms with Gasteiger partial charge in [0.25, 0.3) is 0 Å². The lowest BCUT2D eigenvalue weighted by Gasteiger charge is -2.27. The van der Waals surface area contributed by atoms with Gasteiger partial charge in [-0.2, -0.15) is 0 Å². The molecule has 0 amide bonds. The molecule has 4 heteroatoms. The Hall–Kier alpha value is -0.0900. The van der Waals surface area contributed by atoms with Gasteiger partial charge < -0.3 is 5.73 Å². The molecule has 0 saturated heterocycles. The van der Waals surface area contributed by atoms with Crippen molar-refractivity contribution in [3.63, 3.8) is 0 Å². The first kappa shape index (κ1) is 14.3. The average molecular weight is 273 g/mol. The lowest BCUT2D eigenvalue weighted by atomic mass is 9.91. The van der Waals surface area contributed by atoms with Gasteiger partial charge in [0.2, 0.25) is 0 Å². The van der Waals surface area contributed by atoms with Gasteiger partial charge in [-0.25, -0.2) is 8.42 Å². The predicted octanol–water partition coefficient (Wildman–Crippen LogP) is 2.50. The largest absolute Gasteiger partial charge is 0.327 e. The van der Waals surface area contributed by atoms with E-state index in [4.69, 9.17) is 5.73 Å². The third-order valence-corrected chi connectivity index (χ3v) is 7.14. The molecule has 0 radical (unpaired) electrons. The number of hydrogen-bond donors (Lipinski definition) is 1. The molecular formula is C14H27NO2S. The molecule has 4 unspecified atom stereocenters. The van der Waals surface area contributed by atoms with Crippen molar-refractivity contribution < 1.29 is 8.42 Å². The Balaban J connectivity index is 1.86. The van der Waals surface area contributed by atoms with Crippen molar-refractivity contribution in [3.05, 3.63) is 0 Å². The Morgan fingerprint density at radius 3 is 2.44 bits per heavy atom.